The molecule has 0 bridgehead atoms. The Kier molecular flexibility index (Phi) is 4.94. The third kappa shape index (κ3) is 3.67. The average molecular weight is 413 g/mol. The van der Waals surface area contributed by atoms with E-state index in [0.717, 1.165) is 10.5 Å². The summed E-state index contributed by atoms with van der Waals surface area (Å²) in [6.45, 7) is 0.199. The lowest BCUT2D eigenvalue weighted by atomic mass is 10.2. The van der Waals surface area contributed by atoms with Crippen LogP contribution in [0.1, 0.15) is 11.3 Å². The Bertz CT molecular complexity index is 1090. The molecule has 2 aromatic carbocycles. The van der Waals surface area contributed by atoms with Gasteiger partial charge in [-0.25, -0.2) is 4.79 Å². The average Bonchev–Trinajstić information content (AvgIpc) is 3.25. The second-order valence-electron chi connectivity index (χ2n) is 6.19. The minimum absolute atomic E-state index is 0.152. The second-order valence-corrected chi connectivity index (χ2v) is 7.03. The van der Waals surface area contributed by atoms with Crippen molar-refractivity contribution in [3.63, 3.8) is 0 Å². The van der Waals surface area contributed by atoms with Gasteiger partial charge < -0.3 is 9.73 Å². The van der Waals surface area contributed by atoms with Crippen molar-refractivity contribution in [2.75, 3.05) is 0 Å². The van der Waals surface area contributed by atoms with E-state index in [2.05, 4.69) is 5.32 Å². The summed E-state index contributed by atoms with van der Waals surface area (Å²) in [5.41, 5.74) is 1.66. The van der Waals surface area contributed by atoms with Crippen LogP contribution in [0, 0.1) is 0 Å². The van der Waals surface area contributed by atoms with Gasteiger partial charge in [0.05, 0.1) is 11.6 Å². The monoisotopic (exact) mass is 412 g/mol. The van der Waals surface area contributed by atoms with Gasteiger partial charge in [0.2, 0.25) is 0 Å². The molecule has 0 aliphatic carbocycles. The zero-order chi connectivity index (χ0) is 19.7. The van der Waals surface area contributed by atoms with Gasteiger partial charge in [0.1, 0.15) is 17.2 Å². The van der Waals surface area contributed by atoms with Crippen molar-refractivity contribution >= 4 is 41.2 Å². The van der Waals surface area contributed by atoms with E-state index in [4.69, 9.17) is 27.6 Å². The smallest absolute Gasteiger partial charge is 0.329 e. The van der Waals surface area contributed by atoms with Crippen molar-refractivity contribution < 1.29 is 14.0 Å². The second kappa shape index (κ2) is 7.54. The normalized spacial score (nSPS) is 15.4. The minimum atomic E-state index is -0.468. The maximum absolute atomic E-state index is 12.6. The van der Waals surface area contributed by atoms with E-state index in [1.54, 1.807) is 30.3 Å². The third-order valence-corrected chi connectivity index (χ3v) is 4.82. The highest BCUT2D eigenvalue weighted by atomic mass is 35.5. The first-order chi connectivity index (χ1) is 13.5. The van der Waals surface area contributed by atoms with E-state index >= 15 is 0 Å². The van der Waals surface area contributed by atoms with Crippen LogP contribution in [0.3, 0.4) is 0 Å². The van der Waals surface area contributed by atoms with E-state index in [-0.39, 0.29) is 12.2 Å². The fourth-order valence-corrected chi connectivity index (χ4v) is 3.27. The molecule has 3 amide bonds. The van der Waals surface area contributed by atoms with E-state index in [1.165, 1.54) is 6.08 Å². The van der Waals surface area contributed by atoms with Crippen LogP contribution in [0.4, 0.5) is 4.79 Å². The molecular formula is C21H14Cl2N2O3. The highest BCUT2D eigenvalue weighted by Gasteiger charge is 2.33. The van der Waals surface area contributed by atoms with Crippen molar-refractivity contribution in [2.24, 2.45) is 0 Å². The van der Waals surface area contributed by atoms with Crippen LogP contribution in [-0.2, 0) is 11.3 Å². The Balaban J connectivity index is 1.57. The van der Waals surface area contributed by atoms with Crippen molar-refractivity contribution in [2.45, 2.75) is 6.54 Å². The molecule has 1 aliphatic rings. The Labute approximate surface area is 171 Å². The topological polar surface area (TPSA) is 62.6 Å². The van der Waals surface area contributed by atoms with Gasteiger partial charge in [0.25, 0.3) is 5.91 Å². The van der Waals surface area contributed by atoms with Crippen molar-refractivity contribution in [3.8, 4) is 11.3 Å². The predicted molar refractivity (Wildman–Crippen MR) is 108 cm³/mol. The van der Waals surface area contributed by atoms with Gasteiger partial charge in [-0.15, -0.1) is 0 Å². The third-order valence-electron chi connectivity index (χ3n) is 4.25. The van der Waals surface area contributed by atoms with Gasteiger partial charge in [0, 0.05) is 16.7 Å². The van der Waals surface area contributed by atoms with Gasteiger partial charge in [-0.3, -0.25) is 9.69 Å². The summed E-state index contributed by atoms with van der Waals surface area (Å²) in [5, 5.41) is 3.61. The number of hydrogen-bond acceptors (Lipinski definition) is 3. The molecule has 4 rings (SSSR count). The number of urea groups is 1. The Morgan fingerprint density at radius 2 is 1.79 bits per heavy atom. The quantitative estimate of drug-likeness (QED) is 0.464. The van der Waals surface area contributed by atoms with Crippen LogP contribution in [0.25, 0.3) is 17.4 Å². The summed E-state index contributed by atoms with van der Waals surface area (Å²) in [5.74, 6) is 0.515. The molecule has 0 atom stereocenters. The molecule has 1 aliphatic heterocycles. The molecule has 5 nitrogen and oxygen atoms in total. The Morgan fingerprint density at radius 3 is 2.57 bits per heavy atom. The van der Waals surface area contributed by atoms with Crippen molar-refractivity contribution in [1.29, 1.82) is 0 Å². The zero-order valence-corrected chi connectivity index (χ0v) is 16.0. The summed E-state index contributed by atoms with van der Waals surface area (Å²) < 4.78 is 5.76. The highest BCUT2D eigenvalue weighted by Crippen LogP contribution is 2.32. The van der Waals surface area contributed by atoms with E-state index in [1.807, 2.05) is 30.3 Å². The molecular weight excluding hydrogens is 399 g/mol. The van der Waals surface area contributed by atoms with Gasteiger partial charge in [-0.2, -0.15) is 0 Å². The molecule has 1 saturated heterocycles. The molecule has 0 unspecified atom stereocenters. The number of carbonyl (C=O) groups excluding carboxylic acids is 2. The van der Waals surface area contributed by atoms with Crippen LogP contribution in [0.5, 0.6) is 0 Å². The molecule has 1 aromatic heterocycles. The van der Waals surface area contributed by atoms with Crippen molar-refractivity contribution in [3.05, 3.63) is 87.7 Å². The minimum Gasteiger partial charge on any atom is -0.457 e. The molecule has 140 valence electrons. The SMILES string of the molecule is O=C1N/C(=C/c2ccc(-c3cc(Cl)ccc3Cl)o2)C(=O)N1Cc1ccccc1. The van der Waals surface area contributed by atoms with Crippen LogP contribution in [0.15, 0.2) is 70.8 Å². The van der Waals surface area contributed by atoms with E-state index < -0.39 is 11.9 Å². The Hall–Kier alpha value is -3.02. The van der Waals surface area contributed by atoms with Gasteiger partial charge in [-0.05, 0) is 35.9 Å². The zero-order valence-electron chi connectivity index (χ0n) is 14.5. The number of imide groups is 1. The molecule has 2 heterocycles. The standard InChI is InChI=1S/C21H14Cl2N2O3/c22-14-6-8-17(23)16(10-14)19-9-7-15(28-19)11-18-20(26)25(21(27)24-18)12-13-4-2-1-3-5-13/h1-11H,12H2,(H,24,27)/b18-11+. The first kappa shape index (κ1) is 18.3. The number of furan rings is 1. The lowest BCUT2D eigenvalue weighted by Crippen LogP contribution is -2.30. The molecule has 1 fully saturated rings. The molecule has 7 heteroatoms. The predicted octanol–water partition coefficient (Wildman–Crippen LogP) is 5.35. The van der Waals surface area contributed by atoms with Gasteiger partial charge in [0.15, 0.2) is 0 Å². The summed E-state index contributed by atoms with van der Waals surface area (Å²) >= 11 is 12.2. The lowest BCUT2D eigenvalue weighted by molar-refractivity contribution is -0.123. The fourth-order valence-electron chi connectivity index (χ4n) is 2.88. The summed E-state index contributed by atoms with van der Waals surface area (Å²) in [6.07, 6.45) is 1.49. The summed E-state index contributed by atoms with van der Waals surface area (Å²) in [6, 6.07) is 17.3. The summed E-state index contributed by atoms with van der Waals surface area (Å²) in [7, 11) is 0. The number of nitrogens with one attached hydrogen (secondary N) is 1. The molecule has 1 N–H and O–H groups in total. The molecule has 0 radical (unpaired) electrons. The Morgan fingerprint density at radius 1 is 1.00 bits per heavy atom. The van der Waals surface area contributed by atoms with E-state index in [0.29, 0.717) is 27.1 Å². The molecule has 0 spiro atoms. The van der Waals surface area contributed by atoms with Crippen LogP contribution < -0.4 is 5.32 Å². The molecule has 0 saturated carbocycles. The number of hydrogen-bond donors (Lipinski definition) is 1. The lowest BCUT2D eigenvalue weighted by Gasteiger charge is -2.11. The maximum Gasteiger partial charge on any atom is 0.329 e. The number of benzene rings is 2. The van der Waals surface area contributed by atoms with Crippen LogP contribution >= 0.6 is 23.2 Å². The van der Waals surface area contributed by atoms with E-state index in [9.17, 15) is 9.59 Å². The summed E-state index contributed by atoms with van der Waals surface area (Å²) in [4.78, 5) is 25.9. The number of rotatable bonds is 4. The molecule has 3 aromatic rings. The first-order valence-electron chi connectivity index (χ1n) is 8.45. The number of amides is 3. The number of nitrogens with zero attached hydrogens (tertiary/aromatic N) is 1. The van der Waals surface area contributed by atoms with Gasteiger partial charge >= 0.3 is 6.03 Å². The first-order valence-corrected chi connectivity index (χ1v) is 9.20. The highest BCUT2D eigenvalue weighted by molar-refractivity contribution is 6.35. The largest absolute Gasteiger partial charge is 0.457 e. The fraction of sp³-hybridized carbons (Fsp3) is 0.0476. The van der Waals surface area contributed by atoms with Crippen LogP contribution in [0.2, 0.25) is 10.0 Å². The maximum atomic E-state index is 12.6. The van der Waals surface area contributed by atoms with Gasteiger partial charge in [-0.1, -0.05) is 53.5 Å². The molecule has 28 heavy (non-hydrogen) atoms. The number of halogens is 2. The number of carbonyl (C=O) groups is 2. The van der Waals surface area contributed by atoms with Crippen molar-refractivity contribution in [1.82, 2.24) is 10.2 Å². The van der Waals surface area contributed by atoms with Crippen LogP contribution in [-0.4, -0.2) is 16.8 Å².